The third-order valence-electron chi connectivity index (χ3n) is 3.84. The molecule has 2 unspecified atom stereocenters. The second kappa shape index (κ2) is 5.67. The Balaban J connectivity index is 1.87. The van der Waals surface area contributed by atoms with Gasteiger partial charge in [0.05, 0.1) is 0 Å². The number of piperazine rings is 1. The number of hydrogen-bond acceptors (Lipinski definition) is 4. The van der Waals surface area contributed by atoms with Crippen LogP contribution in [0.2, 0.25) is 0 Å². The van der Waals surface area contributed by atoms with E-state index in [1.807, 2.05) is 25.7 Å². The summed E-state index contributed by atoms with van der Waals surface area (Å²) < 4.78 is 5.44. The zero-order valence-electron chi connectivity index (χ0n) is 12.6. The number of carbonyl (C=O) groups is 1. The Hall–Kier alpha value is -0.810. The van der Waals surface area contributed by atoms with Crippen molar-refractivity contribution in [2.45, 2.75) is 51.8 Å². The normalized spacial score (nSPS) is 29.6. The van der Waals surface area contributed by atoms with E-state index in [4.69, 9.17) is 4.74 Å². The molecular weight excluding hydrogens is 242 g/mol. The molecule has 0 radical (unpaired) electrons. The summed E-state index contributed by atoms with van der Waals surface area (Å²) in [5, 5.41) is 3.41. The predicted octanol–water partition coefficient (Wildman–Crippen LogP) is 1.29. The first kappa shape index (κ1) is 14.6. The van der Waals surface area contributed by atoms with Gasteiger partial charge in [0, 0.05) is 44.8 Å². The zero-order chi connectivity index (χ0) is 14.0. The fourth-order valence-corrected chi connectivity index (χ4v) is 2.90. The topological polar surface area (TPSA) is 44.8 Å². The zero-order valence-corrected chi connectivity index (χ0v) is 12.6. The summed E-state index contributed by atoms with van der Waals surface area (Å²) in [4.78, 5) is 16.4. The molecule has 2 aliphatic heterocycles. The molecule has 0 aromatic heterocycles. The van der Waals surface area contributed by atoms with Crippen LogP contribution in [0.25, 0.3) is 0 Å². The van der Waals surface area contributed by atoms with Gasteiger partial charge in [-0.3, -0.25) is 4.90 Å². The highest BCUT2D eigenvalue weighted by molar-refractivity contribution is 5.68. The lowest BCUT2D eigenvalue weighted by atomic mass is 10.1. The van der Waals surface area contributed by atoms with Gasteiger partial charge in [-0.1, -0.05) is 0 Å². The van der Waals surface area contributed by atoms with Gasteiger partial charge in [-0.15, -0.1) is 0 Å². The molecule has 2 saturated heterocycles. The number of hydrogen-bond donors (Lipinski definition) is 1. The molecule has 5 heteroatoms. The van der Waals surface area contributed by atoms with Gasteiger partial charge < -0.3 is 15.0 Å². The smallest absolute Gasteiger partial charge is 0.410 e. The minimum atomic E-state index is -0.405. The maximum absolute atomic E-state index is 12.0. The van der Waals surface area contributed by atoms with Crippen LogP contribution in [0.3, 0.4) is 0 Å². The number of nitrogens with zero attached hydrogens (tertiary/aromatic N) is 2. The van der Waals surface area contributed by atoms with Crippen LogP contribution in [-0.4, -0.2) is 66.3 Å². The van der Waals surface area contributed by atoms with Crippen molar-refractivity contribution in [3.05, 3.63) is 0 Å². The molecule has 2 heterocycles. The molecular formula is C14H27N3O2. The van der Waals surface area contributed by atoms with Crippen LogP contribution >= 0.6 is 0 Å². The van der Waals surface area contributed by atoms with E-state index in [0.717, 1.165) is 39.1 Å². The van der Waals surface area contributed by atoms with Crippen LogP contribution < -0.4 is 5.32 Å². The molecule has 1 N–H and O–H groups in total. The van der Waals surface area contributed by atoms with E-state index in [9.17, 15) is 4.79 Å². The highest BCUT2D eigenvalue weighted by Gasteiger charge is 2.35. The highest BCUT2D eigenvalue weighted by Crippen LogP contribution is 2.21. The van der Waals surface area contributed by atoms with Gasteiger partial charge in [-0.25, -0.2) is 4.79 Å². The molecule has 0 saturated carbocycles. The molecule has 0 aromatic rings. The van der Waals surface area contributed by atoms with Crippen molar-refractivity contribution in [1.29, 1.82) is 0 Å². The number of rotatable bonds is 1. The number of likely N-dealkylation sites (tertiary alicyclic amines) is 1. The van der Waals surface area contributed by atoms with Crippen molar-refractivity contribution < 1.29 is 9.53 Å². The molecule has 0 aromatic carbocycles. The molecule has 2 rings (SSSR count). The Morgan fingerprint density at radius 3 is 2.68 bits per heavy atom. The molecule has 2 fully saturated rings. The van der Waals surface area contributed by atoms with Gasteiger partial charge >= 0.3 is 6.09 Å². The van der Waals surface area contributed by atoms with Crippen LogP contribution in [0.4, 0.5) is 4.79 Å². The Morgan fingerprint density at radius 2 is 2.05 bits per heavy atom. The summed E-state index contributed by atoms with van der Waals surface area (Å²) in [6, 6.07) is 1.04. The van der Waals surface area contributed by atoms with Crippen LogP contribution in [0.5, 0.6) is 0 Å². The van der Waals surface area contributed by atoms with E-state index in [1.165, 1.54) is 0 Å². The predicted molar refractivity (Wildman–Crippen MR) is 75.2 cm³/mol. The minimum absolute atomic E-state index is 0.169. The first-order valence-electron chi connectivity index (χ1n) is 7.31. The van der Waals surface area contributed by atoms with E-state index in [0.29, 0.717) is 12.1 Å². The van der Waals surface area contributed by atoms with Crippen molar-refractivity contribution in [3.63, 3.8) is 0 Å². The Kier molecular flexibility index (Phi) is 4.36. The van der Waals surface area contributed by atoms with Crippen LogP contribution in [0.1, 0.15) is 34.1 Å². The average Bonchev–Trinajstić information content (AvgIpc) is 2.76. The van der Waals surface area contributed by atoms with Crippen molar-refractivity contribution in [2.75, 3.05) is 32.7 Å². The standard InChI is InChI=1S/C14H27N3O2/c1-11-9-15-6-8-17(11)12-5-7-16(10-12)13(18)19-14(2,3)4/h11-12,15H,5-10H2,1-4H3. The monoisotopic (exact) mass is 269 g/mol. The molecule has 2 atom stereocenters. The number of amides is 1. The molecule has 110 valence electrons. The largest absolute Gasteiger partial charge is 0.444 e. The second-order valence-corrected chi connectivity index (χ2v) is 6.66. The number of ether oxygens (including phenoxy) is 1. The van der Waals surface area contributed by atoms with Gasteiger partial charge in [-0.05, 0) is 34.1 Å². The summed E-state index contributed by atoms with van der Waals surface area (Å²) in [5.41, 5.74) is -0.405. The van der Waals surface area contributed by atoms with Crippen molar-refractivity contribution >= 4 is 6.09 Å². The van der Waals surface area contributed by atoms with Crippen LogP contribution in [-0.2, 0) is 4.74 Å². The summed E-state index contributed by atoms with van der Waals surface area (Å²) >= 11 is 0. The van der Waals surface area contributed by atoms with E-state index >= 15 is 0 Å². The molecule has 0 aliphatic carbocycles. The van der Waals surface area contributed by atoms with Gasteiger partial charge in [-0.2, -0.15) is 0 Å². The fourth-order valence-electron chi connectivity index (χ4n) is 2.90. The van der Waals surface area contributed by atoms with Gasteiger partial charge in [0.1, 0.15) is 5.60 Å². The summed E-state index contributed by atoms with van der Waals surface area (Å²) in [6.45, 7) is 12.8. The third-order valence-corrected chi connectivity index (χ3v) is 3.84. The lowest BCUT2D eigenvalue weighted by Gasteiger charge is -2.38. The van der Waals surface area contributed by atoms with Crippen molar-refractivity contribution in [1.82, 2.24) is 15.1 Å². The minimum Gasteiger partial charge on any atom is -0.444 e. The first-order valence-corrected chi connectivity index (χ1v) is 7.31. The summed E-state index contributed by atoms with van der Waals surface area (Å²) in [6.07, 6.45) is 0.890. The fraction of sp³-hybridized carbons (Fsp3) is 0.929. The molecule has 5 nitrogen and oxygen atoms in total. The quantitative estimate of drug-likeness (QED) is 0.779. The molecule has 19 heavy (non-hydrogen) atoms. The third kappa shape index (κ3) is 3.83. The molecule has 0 spiro atoms. The summed E-state index contributed by atoms with van der Waals surface area (Å²) in [5.74, 6) is 0. The van der Waals surface area contributed by atoms with Gasteiger partial charge in [0.15, 0.2) is 0 Å². The Bertz CT molecular complexity index is 327. The highest BCUT2D eigenvalue weighted by atomic mass is 16.6. The lowest BCUT2D eigenvalue weighted by molar-refractivity contribution is 0.0269. The average molecular weight is 269 g/mol. The molecule has 1 amide bonds. The Labute approximate surface area is 116 Å². The maximum atomic E-state index is 12.0. The maximum Gasteiger partial charge on any atom is 0.410 e. The van der Waals surface area contributed by atoms with Gasteiger partial charge in [0.2, 0.25) is 0 Å². The number of nitrogens with one attached hydrogen (secondary N) is 1. The second-order valence-electron chi connectivity index (χ2n) is 6.66. The van der Waals surface area contributed by atoms with Crippen molar-refractivity contribution in [2.24, 2.45) is 0 Å². The van der Waals surface area contributed by atoms with E-state index in [-0.39, 0.29) is 6.09 Å². The number of carbonyl (C=O) groups excluding carboxylic acids is 1. The SMILES string of the molecule is CC1CNCCN1C1CCN(C(=O)OC(C)(C)C)C1. The van der Waals surface area contributed by atoms with E-state index < -0.39 is 5.60 Å². The van der Waals surface area contributed by atoms with Crippen molar-refractivity contribution in [3.8, 4) is 0 Å². The summed E-state index contributed by atoms with van der Waals surface area (Å²) in [7, 11) is 0. The van der Waals surface area contributed by atoms with E-state index in [2.05, 4.69) is 17.1 Å². The van der Waals surface area contributed by atoms with E-state index in [1.54, 1.807) is 0 Å². The lowest BCUT2D eigenvalue weighted by Crippen LogP contribution is -2.54. The van der Waals surface area contributed by atoms with Crippen LogP contribution in [0, 0.1) is 0 Å². The molecule has 0 bridgehead atoms. The Morgan fingerprint density at radius 1 is 1.32 bits per heavy atom. The first-order chi connectivity index (χ1) is 8.87. The van der Waals surface area contributed by atoms with Gasteiger partial charge in [0.25, 0.3) is 0 Å². The molecule has 2 aliphatic rings. The van der Waals surface area contributed by atoms with Crippen LogP contribution in [0.15, 0.2) is 0 Å².